The molecule has 0 amide bonds. The second kappa shape index (κ2) is 7.34. The van der Waals surface area contributed by atoms with Crippen LogP contribution in [0.5, 0.6) is 5.75 Å². The third-order valence-corrected chi connectivity index (χ3v) is 4.42. The Hall–Kier alpha value is -3.59. The summed E-state index contributed by atoms with van der Waals surface area (Å²) in [7, 11) is 1.62. The lowest BCUT2D eigenvalue weighted by molar-refractivity contribution is -0.130. The van der Waals surface area contributed by atoms with Gasteiger partial charge in [0.05, 0.1) is 12.7 Å². The van der Waals surface area contributed by atoms with Gasteiger partial charge in [-0.25, -0.2) is 4.79 Å². The Morgan fingerprint density at radius 2 is 1.52 bits per heavy atom. The van der Waals surface area contributed by atoms with Crippen molar-refractivity contribution < 1.29 is 14.3 Å². The smallest absolute Gasteiger partial charge is 0.343 e. The van der Waals surface area contributed by atoms with Crippen LogP contribution in [0.15, 0.2) is 90.5 Å². The SMILES string of the molecule is COc1cccc(/C=C2/C=C(c3ccc(-c4ccccc4)cc3)OC2=O)c1. The van der Waals surface area contributed by atoms with E-state index < -0.39 is 0 Å². The van der Waals surface area contributed by atoms with Crippen molar-refractivity contribution in [1.29, 1.82) is 0 Å². The number of benzene rings is 3. The van der Waals surface area contributed by atoms with Crippen LogP contribution in [0.3, 0.4) is 0 Å². The number of carbonyl (C=O) groups excluding carboxylic acids is 1. The van der Waals surface area contributed by atoms with Crippen LogP contribution in [0.1, 0.15) is 11.1 Å². The highest BCUT2D eigenvalue weighted by molar-refractivity contribution is 6.05. The van der Waals surface area contributed by atoms with Crippen molar-refractivity contribution in [3.05, 3.63) is 102 Å². The molecule has 1 aliphatic heterocycles. The number of ether oxygens (including phenoxy) is 2. The van der Waals surface area contributed by atoms with Crippen molar-refractivity contribution in [3.63, 3.8) is 0 Å². The molecule has 3 aromatic carbocycles. The highest BCUT2D eigenvalue weighted by Crippen LogP contribution is 2.29. The van der Waals surface area contributed by atoms with E-state index in [1.165, 1.54) is 0 Å². The van der Waals surface area contributed by atoms with Crippen molar-refractivity contribution in [2.75, 3.05) is 7.11 Å². The minimum Gasteiger partial charge on any atom is -0.497 e. The molecule has 0 N–H and O–H groups in total. The van der Waals surface area contributed by atoms with Gasteiger partial charge in [0.1, 0.15) is 11.5 Å². The van der Waals surface area contributed by atoms with Gasteiger partial charge in [0.2, 0.25) is 0 Å². The van der Waals surface area contributed by atoms with Gasteiger partial charge < -0.3 is 9.47 Å². The predicted octanol–water partition coefficient (Wildman–Crippen LogP) is 5.34. The highest BCUT2D eigenvalue weighted by Gasteiger charge is 2.22. The van der Waals surface area contributed by atoms with Crippen LogP contribution in [0.25, 0.3) is 23.0 Å². The highest BCUT2D eigenvalue weighted by atomic mass is 16.5. The molecule has 0 unspecified atom stereocenters. The molecule has 4 rings (SSSR count). The first kappa shape index (κ1) is 16.9. The zero-order valence-electron chi connectivity index (χ0n) is 14.9. The van der Waals surface area contributed by atoms with Gasteiger partial charge in [0.25, 0.3) is 0 Å². The molecule has 3 aromatic rings. The van der Waals surface area contributed by atoms with E-state index in [-0.39, 0.29) is 5.97 Å². The van der Waals surface area contributed by atoms with Gasteiger partial charge in [-0.2, -0.15) is 0 Å². The number of carbonyl (C=O) groups is 1. The largest absolute Gasteiger partial charge is 0.497 e. The average Bonchev–Trinajstić information content (AvgIpc) is 3.09. The van der Waals surface area contributed by atoms with Crippen LogP contribution in [-0.4, -0.2) is 13.1 Å². The van der Waals surface area contributed by atoms with Gasteiger partial charge in [0.15, 0.2) is 0 Å². The molecular weight excluding hydrogens is 336 g/mol. The van der Waals surface area contributed by atoms with E-state index >= 15 is 0 Å². The fraction of sp³-hybridized carbons (Fsp3) is 0.0417. The van der Waals surface area contributed by atoms with E-state index in [0.29, 0.717) is 11.3 Å². The Morgan fingerprint density at radius 3 is 2.26 bits per heavy atom. The van der Waals surface area contributed by atoms with Crippen molar-refractivity contribution in [3.8, 4) is 16.9 Å². The molecular formula is C24H18O3. The van der Waals surface area contributed by atoms with Gasteiger partial charge in [-0.05, 0) is 41.0 Å². The summed E-state index contributed by atoms with van der Waals surface area (Å²) in [5.41, 5.74) is 4.55. The van der Waals surface area contributed by atoms with E-state index in [1.807, 2.05) is 66.7 Å². The molecule has 0 aliphatic carbocycles. The lowest BCUT2D eigenvalue weighted by Gasteiger charge is -2.05. The normalized spacial score (nSPS) is 14.8. The second-order valence-corrected chi connectivity index (χ2v) is 6.22. The first-order valence-corrected chi connectivity index (χ1v) is 8.68. The van der Waals surface area contributed by atoms with Crippen LogP contribution in [0.4, 0.5) is 0 Å². The molecule has 0 spiro atoms. The molecule has 27 heavy (non-hydrogen) atoms. The van der Waals surface area contributed by atoms with Gasteiger partial charge in [-0.15, -0.1) is 0 Å². The Balaban J connectivity index is 1.60. The lowest BCUT2D eigenvalue weighted by atomic mass is 10.0. The van der Waals surface area contributed by atoms with Crippen molar-refractivity contribution in [2.24, 2.45) is 0 Å². The van der Waals surface area contributed by atoms with Crippen molar-refractivity contribution >= 4 is 17.8 Å². The minimum atomic E-state index is -0.347. The fourth-order valence-electron chi connectivity index (χ4n) is 3.00. The zero-order chi connectivity index (χ0) is 18.6. The number of hydrogen-bond donors (Lipinski definition) is 0. The molecule has 3 nitrogen and oxygen atoms in total. The van der Waals surface area contributed by atoms with Crippen LogP contribution in [0, 0.1) is 0 Å². The Labute approximate surface area is 158 Å². The summed E-state index contributed by atoms with van der Waals surface area (Å²) in [4.78, 5) is 12.2. The van der Waals surface area contributed by atoms with Crippen LogP contribution in [-0.2, 0) is 9.53 Å². The summed E-state index contributed by atoms with van der Waals surface area (Å²) in [6.07, 6.45) is 3.58. The molecule has 0 bridgehead atoms. The second-order valence-electron chi connectivity index (χ2n) is 6.22. The van der Waals surface area contributed by atoms with Crippen molar-refractivity contribution in [1.82, 2.24) is 0 Å². The molecule has 132 valence electrons. The molecule has 0 radical (unpaired) electrons. The maximum absolute atomic E-state index is 12.2. The third kappa shape index (κ3) is 3.67. The van der Waals surface area contributed by atoms with Gasteiger partial charge in [0, 0.05) is 5.56 Å². The van der Waals surface area contributed by atoms with Gasteiger partial charge in [-0.3, -0.25) is 0 Å². The maximum Gasteiger partial charge on any atom is 0.343 e. The average molecular weight is 354 g/mol. The Morgan fingerprint density at radius 1 is 0.815 bits per heavy atom. The molecule has 3 heteroatoms. The lowest BCUT2D eigenvalue weighted by Crippen LogP contribution is -1.97. The van der Waals surface area contributed by atoms with Crippen LogP contribution >= 0.6 is 0 Å². The summed E-state index contributed by atoms with van der Waals surface area (Å²) in [5, 5.41) is 0. The topological polar surface area (TPSA) is 35.5 Å². The van der Waals surface area contributed by atoms with E-state index in [9.17, 15) is 4.79 Å². The Kier molecular flexibility index (Phi) is 4.58. The molecule has 0 aromatic heterocycles. The van der Waals surface area contributed by atoms with E-state index in [0.717, 1.165) is 28.0 Å². The number of esters is 1. The summed E-state index contributed by atoms with van der Waals surface area (Å²) in [5.74, 6) is 0.963. The summed E-state index contributed by atoms with van der Waals surface area (Å²) in [6, 6.07) is 25.7. The standard InChI is InChI=1S/C24H18O3/c1-26-22-9-5-6-17(15-22)14-21-16-23(27-24(21)25)20-12-10-19(11-13-20)18-7-3-2-4-8-18/h2-16H,1H3/b21-14-. The first-order chi connectivity index (χ1) is 13.2. The van der Waals surface area contributed by atoms with Gasteiger partial charge in [-0.1, -0.05) is 66.7 Å². The molecule has 0 saturated heterocycles. The van der Waals surface area contributed by atoms with E-state index in [1.54, 1.807) is 19.3 Å². The predicted molar refractivity (Wildman–Crippen MR) is 107 cm³/mol. The third-order valence-electron chi connectivity index (χ3n) is 4.42. The summed E-state index contributed by atoms with van der Waals surface area (Å²) >= 11 is 0. The first-order valence-electron chi connectivity index (χ1n) is 8.68. The maximum atomic E-state index is 12.2. The zero-order valence-corrected chi connectivity index (χ0v) is 14.9. The molecule has 1 aliphatic rings. The summed E-state index contributed by atoms with van der Waals surface area (Å²) in [6.45, 7) is 0. The number of methoxy groups -OCH3 is 1. The number of cyclic esters (lactones) is 1. The molecule has 1 heterocycles. The summed E-state index contributed by atoms with van der Waals surface area (Å²) < 4.78 is 10.7. The van der Waals surface area contributed by atoms with Crippen LogP contribution in [0.2, 0.25) is 0 Å². The molecule has 0 saturated carbocycles. The van der Waals surface area contributed by atoms with E-state index in [4.69, 9.17) is 9.47 Å². The van der Waals surface area contributed by atoms with Crippen LogP contribution < -0.4 is 4.74 Å². The number of hydrogen-bond acceptors (Lipinski definition) is 3. The van der Waals surface area contributed by atoms with Crippen molar-refractivity contribution in [2.45, 2.75) is 0 Å². The number of rotatable bonds is 4. The molecule has 0 fully saturated rings. The molecule has 0 atom stereocenters. The van der Waals surface area contributed by atoms with Gasteiger partial charge >= 0.3 is 5.97 Å². The minimum absolute atomic E-state index is 0.347. The Bertz CT molecular complexity index is 1030. The monoisotopic (exact) mass is 354 g/mol. The fourth-order valence-corrected chi connectivity index (χ4v) is 3.00. The van der Waals surface area contributed by atoms with E-state index in [2.05, 4.69) is 12.1 Å². The quantitative estimate of drug-likeness (QED) is 0.468.